The van der Waals surface area contributed by atoms with Gasteiger partial charge in [0.1, 0.15) is 0 Å². The summed E-state index contributed by atoms with van der Waals surface area (Å²) in [5.41, 5.74) is 6.20. The van der Waals surface area contributed by atoms with Gasteiger partial charge in [-0.2, -0.15) is 0 Å². The Bertz CT molecular complexity index is 372. The highest BCUT2D eigenvalue weighted by molar-refractivity contribution is 9.11. The molecule has 0 unspecified atom stereocenters. The van der Waals surface area contributed by atoms with E-state index in [1.54, 1.807) is 0 Å². The third-order valence-electron chi connectivity index (χ3n) is 1.58. The number of rotatable bonds is 3. The molecule has 0 saturated heterocycles. The molecule has 0 aliphatic rings. The van der Waals surface area contributed by atoms with Crippen LogP contribution in [0.2, 0.25) is 0 Å². The van der Waals surface area contributed by atoms with Crippen molar-refractivity contribution in [2.75, 3.05) is 11.9 Å². The van der Waals surface area contributed by atoms with Crippen LogP contribution in [0.4, 0.5) is 5.69 Å². The SMILES string of the molecule is NC(CNc1c(Br)cc(Br)cc1Br)=NO. The average Bonchev–Trinajstić information content (AvgIpc) is 2.15. The van der Waals surface area contributed by atoms with Gasteiger partial charge in [-0.25, -0.2) is 0 Å². The molecule has 0 fully saturated rings. The average molecular weight is 402 g/mol. The molecule has 0 radical (unpaired) electrons. The Morgan fingerprint density at radius 3 is 2.33 bits per heavy atom. The minimum absolute atomic E-state index is 0.122. The molecule has 0 amide bonds. The van der Waals surface area contributed by atoms with E-state index in [0.29, 0.717) is 0 Å². The zero-order valence-electron chi connectivity index (χ0n) is 7.47. The molecule has 0 saturated carbocycles. The number of hydrogen-bond acceptors (Lipinski definition) is 3. The van der Waals surface area contributed by atoms with E-state index in [1.165, 1.54) is 0 Å². The van der Waals surface area contributed by atoms with E-state index in [-0.39, 0.29) is 12.4 Å². The summed E-state index contributed by atoms with van der Waals surface area (Å²) in [4.78, 5) is 0. The number of amidine groups is 1. The van der Waals surface area contributed by atoms with Gasteiger partial charge in [0.2, 0.25) is 0 Å². The lowest BCUT2D eigenvalue weighted by Gasteiger charge is -2.10. The zero-order chi connectivity index (χ0) is 11.4. The Morgan fingerprint density at radius 1 is 1.33 bits per heavy atom. The summed E-state index contributed by atoms with van der Waals surface area (Å²) in [5, 5.41) is 14.3. The van der Waals surface area contributed by atoms with Gasteiger partial charge in [0.15, 0.2) is 5.84 Å². The molecule has 0 spiro atoms. The second kappa shape index (κ2) is 5.72. The molecule has 0 bridgehead atoms. The van der Waals surface area contributed by atoms with Gasteiger partial charge < -0.3 is 16.3 Å². The first kappa shape index (κ1) is 12.8. The molecule has 1 aromatic rings. The third-order valence-corrected chi connectivity index (χ3v) is 3.29. The molecule has 0 aliphatic carbocycles. The molecule has 0 heterocycles. The molecule has 4 nitrogen and oxygen atoms in total. The minimum atomic E-state index is 0.122. The number of nitrogens with two attached hydrogens (primary N) is 1. The number of nitrogens with zero attached hydrogens (tertiary/aromatic N) is 1. The molecular formula is C8H8Br3N3O. The van der Waals surface area contributed by atoms with Crippen molar-refractivity contribution in [3.8, 4) is 0 Å². The molecule has 0 aromatic heterocycles. The second-order valence-electron chi connectivity index (χ2n) is 2.69. The van der Waals surface area contributed by atoms with Gasteiger partial charge in [0, 0.05) is 13.4 Å². The summed E-state index contributed by atoms with van der Waals surface area (Å²) in [6, 6.07) is 3.80. The highest BCUT2D eigenvalue weighted by Crippen LogP contribution is 2.34. The van der Waals surface area contributed by atoms with Crippen molar-refractivity contribution in [1.82, 2.24) is 0 Å². The molecule has 0 aliphatic heterocycles. The summed E-state index contributed by atoms with van der Waals surface area (Å²) in [7, 11) is 0. The Morgan fingerprint density at radius 2 is 1.87 bits per heavy atom. The van der Waals surface area contributed by atoms with Crippen LogP contribution in [0.25, 0.3) is 0 Å². The fourth-order valence-corrected chi connectivity index (χ4v) is 3.46. The maximum atomic E-state index is 8.39. The molecule has 7 heteroatoms. The highest BCUT2D eigenvalue weighted by atomic mass is 79.9. The number of halogens is 3. The standard InChI is InChI=1S/C8H8Br3N3O/c9-4-1-5(10)8(6(11)2-4)13-3-7(12)14-15/h1-2,13,15H,3H2,(H2,12,14). The summed E-state index contributed by atoms with van der Waals surface area (Å²) in [6.07, 6.45) is 0. The fraction of sp³-hybridized carbons (Fsp3) is 0.125. The quantitative estimate of drug-likeness (QED) is 0.315. The van der Waals surface area contributed by atoms with E-state index < -0.39 is 0 Å². The zero-order valence-corrected chi connectivity index (χ0v) is 12.2. The largest absolute Gasteiger partial charge is 0.409 e. The van der Waals surface area contributed by atoms with Crippen molar-refractivity contribution in [2.45, 2.75) is 0 Å². The van der Waals surface area contributed by atoms with E-state index in [0.717, 1.165) is 19.1 Å². The van der Waals surface area contributed by atoms with Crippen LogP contribution in [0.5, 0.6) is 0 Å². The van der Waals surface area contributed by atoms with Crippen LogP contribution in [0.15, 0.2) is 30.7 Å². The molecule has 15 heavy (non-hydrogen) atoms. The molecule has 1 rings (SSSR count). The van der Waals surface area contributed by atoms with Crippen molar-refractivity contribution in [3.63, 3.8) is 0 Å². The molecular weight excluding hydrogens is 394 g/mol. The van der Waals surface area contributed by atoms with E-state index in [1.807, 2.05) is 12.1 Å². The first-order valence-corrected chi connectivity index (χ1v) is 6.27. The van der Waals surface area contributed by atoms with Gasteiger partial charge in [-0.15, -0.1) is 0 Å². The lowest BCUT2D eigenvalue weighted by atomic mass is 10.3. The first-order valence-electron chi connectivity index (χ1n) is 3.89. The number of benzene rings is 1. The number of oxime groups is 1. The monoisotopic (exact) mass is 399 g/mol. The van der Waals surface area contributed by atoms with Crippen LogP contribution in [-0.2, 0) is 0 Å². The summed E-state index contributed by atoms with van der Waals surface area (Å²) in [6.45, 7) is 0.273. The lowest BCUT2D eigenvalue weighted by Crippen LogP contribution is -2.22. The maximum absolute atomic E-state index is 8.39. The first-order chi connectivity index (χ1) is 7.04. The van der Waals surface area contributed by atoms with Gasteiger partial charge in [0.25, 0.3) is 0 Å². The number of hydrogen-bond donors (Lipinski definition) is 3. The summed E-state index contributed by atoms with van der Waals surface area (Å²) < 4.78 is 2.72. The summed E-state index contributed by atoms with van der Waals surface area (Å²) in [5.74, 6) is 0.122. The molecule has 82 valence electrons. The number of anilines is 1. The van der Waals surface area contributed by atoms with Crippen molar-refractivity contribution >= 4 is 59.3 Å². The van der Waals surface area contributed by atoms with E-state index in [4.69, 9.17) is 10.9 Å². The fourth-order valence-electron chi connectivity index (χ4n) is 0.925. The van der Waals surface area contributed by atoms with Crippen molar-refractivity contribution in [1.29, 1.82) is 0 Å². The Hall–Kier alpha value is -0.270. The Labute approximate surface area is 112 Å². The topological polar surface area (TPSA) is 70.6 Å². The Kier molecular flexibility index (Phi) is 4.88. The van der Waals surface area contributed by atoms with Crippen LogP contribution in [0.3, 0.4) is 0 Å². The van der Waals surface area contributed by atoms with Crippen LogP contribution >= 0.6 is 47.8 Å². The van der Waals surface area contributed by atoms with Crippen LogP contribution in [0, 0.1) is 0 Å². The molecule has 0 atom stereocenters. The molecule has 4 N–H and O–H groups in total. The predicted octanol–water partition coefficient (Wildman–Crippen LogP) is 3.13. The second-order valence-corrected chi connectivity index (χ2v) is 5.31. The summed E-state index contributed by atoms with van der Waals surface area (Å²) >= 11 is 10.2. The van der Waals surface area contributed by atoms with Crippen molar-refractivity contribution in [3.05, 3.63) is 25.6 Å². The van der Waals surface area contributed by atoms with Crippen LogP contribution < -0.4 is 11.1 Å². The molecule has 1 aromatic carbocycles. The van der Waals surface area contributed by atoms with E-state index in [2.05, 4.69) is 58.3 Å². The van der Waals surface area contributed by atoms with Gasteiger partial charge in [-0.05, 0) is 44.0 Å². The van der Waals surface area contributed by atoms with Gasteiger partial charge in [0.05, 0.1) is 12.2 Å². The Balaban J connectivity index is 2.86. The van der Waals surface area contributed by atoms with Crippen LogP contribution in [-0.4, -0.2) is 17.6 Å². The minimum Gasteiger partial charge on any atom is -0.409 e. The maximum Gasteiger partial charge on any atom is 0.158 e. The lowest BCUT2D eigenvalue weighted by molar-refractivity contribution is 0.317. The predicted molar refractivity (Wildman–Crippen MR) is 71.4 cm³/mol. The highest BCUT2D eigenvalue weighted by Gasteiger charge is 2.06. The van der Waals surface area contributed by atoms with Crippen molar-refractivity contribution < 1.29 is 5.21 Å². The van der Waals surface area contributed by atoms with Gasteiger partial charge in [-0.3, -0.25) is 0 Å². The van der Waals surface area contributed by atoms with E-state index in [9.17, 15) is 0 Å². The van der Waals surface area contributed by atoms with E-state index >= 15 is 0 Å². The number of nitrogens with one attached hydrogen (secondary N) is 1. The van der Waals surface area contributed by atoms with Crippen LogP contribution in [0.1, 0.15) is 0 Å². The normalized spacial score (nSPS) is 11.5. The smallest absolute Gasteiger partial charge is 0.158 e. The van der Waals surface area contributed by atoms with Gasteiger partial charge in [-0.1, -0.05) is 21.1 Å². The van der Waals surface area contributed by atoms with Crippen molar-refractivity contribution in [2.24, 2.45) is 10.9 Å². The van der Waals surface area contributed by atoms with Gasteiger partial charge >= 0.3 is 0 Å². The third kappa shape index (κ3) is 3.66.